The molecule has 0 unspecified atom stereocenters. The third kappa shape index (κ3) is 5.48. The van der Waals surface area contributed by atoms with Crippen molar-refractivity contribution in [2.24, 2.45) is 0 Å². The Bertz CT molecular complexity index is 776. The van der Waals surface area contributed by atoms with E-state index in [0.29, 0.717) is 19.1 Å². The van der Waals surface area contributed by atoms with Gasteiger partial charge in [0.05, 0.1) is 0 Å². The second kappa shape index (κ2) is 8.34. The number of rotatable bonds is 3. The third-order valence-corrected chi connectivity index (χ3v) is 5.12. The van der Waals surface area contributed by atoms with Crippen LogP contribution in [0.15, 0.2) is 53.0 Å². The molecule has 5 heteroatoms. The molecule has 0 aromatic heterocycles. The highest BCUT2D eigenvalue weighted by molar-refractivity contribution is 9.10. The molecule has 1 N–H and O–H groups in total. The van der Waals surface area contributed by atoms with Gasteiger partial charge in [0.2, 0.25) is 0 Å². The van der Waals surface area contributed by atoms with Crippen LogP contribution in [0, 0.1) is 0 Å². The first-order chi connectivity index (χ1) is 12.8. The highest BCUT2D eigenvalue weighted by atomic mass is 79.9. The van der Waals surface area contributed by atoms with Crippen LogP contribution in [0.5, 0.6) is 0 Å². The van der Waals surface area contributed by atoms with Gasteiger partial charge in [-0.25, -0.2) is 4.79 Å². The number of ether oxygens (including phenoxy) is 1. The standard InChI is InChI=1S/C22H27BrN2O2/c1-22(2,3)27-21(26)25-14-12-18(13-15-25)24-20-7-5-4-6-19(20)16-8-10-17(23)11-9-16/h4-11,18,24H,12-15H2,1-3H3. The molecule has 4 nitrogen and oxygen atoms in total. The molecule has 27 heavy (non-hydrogen) atoms. The molecule has 3 rings (SSSR count). The average Bonchev–Trinajstić information content (AvgIpc) is 2.62. The maximum absolute atomic E-state index is 12.2. The molecule has 0 saturated carbocycles. The summed E-state index contributed by atoms with van der Waals surface area (Å²) in [5.41, 5.74) is 3.07. The maximum Gasteiger partial charge on any atom is 0.410 e. The zero-order valence-electron chi connectivity index (χ0n) is 16.2. The zero-order chi connectivity index (χ0) is 19.4. The Balaban J connectivity index is 1.63. The number of hydrogen-bond donors (Lipinski definition) is 1. The van der Waals surface area contributed by atoms with Crippen LogP contribution >= 0.6 is 15.9 Å². The largest absolute Gasteiger partial charge is 0.444 e. The van der Waals surface area contributed by atoms with Crippen molar-refractivity contribution in [1.82, 2.24) is 4.90 Å². The lowest BCUT2D eigenvalue weighted by molar-refractivity contribution is 0.0210. The minimum Gasteiger partial charge on any atom is -0.444 e. The van der Waals surface area contributed by atoms with Crippen LogP contribution in [0.3, 0.4) is 0 Å². The number of nitrogens with zero attached hydrogens (tertiary/aromatic N) is 1. The Labute approximate surface area is 170 Å². The summed E-state index contributed by atoms with van der Waals surface area (Å²) in [4.78, 5) is 14.0. The van der Waals surface area contributed by atoms with E-state index in [0.717, 1.165) is 23.0 Å². The summed E-state index contributed by atoms with van der Waals surface area (Å²) in [6.45, 7) is 7.13. The SMILES string of the molecule is CC(C)(C)OC(=O)N1CCC(Nc2ccccc2-c2ccc(Br)cc2)CC1. The number of likely N-dealkylation sites (tertiary alicyclic amines) is 1. The summed E-state index contributed by atoms with van der Waals surface area (Å²) in [7, 11) is 0. The Morgan fingerprint density at radius 1 is 1.07 bits per heavy atom. The topological polar surface area (TPSA) is 41.6 Å². The van der Waals surface area contributed by atoms with Crippen molar-refractivity contribution in [2.75, 3.05) is 18.4 Å². The van der Waals surface area contributed by atoms with Gasteiger partial charge in [-0.15, -0.1) is 0 Å². The molecule has 1 amide bonds. The van der Waals surface area contributed by atoms with Crippen molar-refractivity contribution in [3.8, 4) is 11.1 Å². The van der Waals surface area contributed by atoms with E-state index in [9.17, 15) is 4.79 Å². The van der Waals surface area contributed by atoms with Gasteiger partial charge < -0.3 is 15.0 Å². The van der Waals surface area contributed by atoms with E-state index < -0.39 is 5.60 Å². The van der Waals surface area contributed by atoms with Crippen molar-refractivity contribution in [1.29, 1.82) is 0 Å². The molecule has 2 aromatic carbocycles. The first kappa shape index (κ1) is 19.7. The second-order valence-corrected chi connectivity index (χ2v) is 8.85. The van der Waals surface area contributed by atoms with Crippen molar-refractivity contribution >= 4 is 27.7 Å². The fraction of sp³-hybridized carbons (Fsp3) is 0.409. The lowest BCUT2D eigenvalue weighted by Crippen LogP contribution is -2.44. The minimum atomic E-state index is -0.449. The van der Waals surface area contributed by atoms with E-state index in [1.165, 1.54) is 11.1 Å². The van der Waals surface area contributed by atoms with Crippen LogP contribution in [0.25, 0.3) is 11.1 Å². The zero-order valence-corrected chi connectivity index (χ0v) is 17.8. The molecule has 1 fully saturated rings. The van der Waals surface area contributed by atoms with E-state index in [2.05, 4.69) is 69.8 Å². The normalized spacial score (nSPS) is 15.5. The fourth-order valence-electron chi connectivity index (χ4n) is 3.24. The van der Waals surface area contributed by atoms with E-state index in [4.69, 9.17) is 4.74 Å². The summed E-state index contributed by atoms with van der Waals surface area (Å²) in [6.07, 6.45) is 1.61. The maximum atomic E-state index is 12.2. The average molecular weight is 431 g/mol. The number of anilines is 1. The van der Waals surface area contributed by atoms with E-state index >= 15 is 0 Å². The molecular formula is C22H27BrN2O2. The molecule has 0 spiro atoms. The van der Waals surface area contributed by atoms with Crippen molar-refractivity contribution < 1.29 is 9.53 Å². The van der Waals surface area contributed by atoms with Crippen molar-refractivity contribution in [3.05, 3.63) is 53.0 Å². The molecule has 2 aromatic rings. The first-order valence-electron chi connectivity index (χ1n) is 9.41. The summed E-state index contributed by atoms with van der Waals surface area (Å²) in [5, 5.41) is 3.68. The van der Waals surface area contributed by atoms with Gasteiger partial charge in [-0.3, -0.25) is 0 Å². The van der Waals surface area contributed by atoms with E-state index in [1.807, 2.05) is 25.7 Å². The second-order valence-electron chi connectivity index (χ2n) is 7.94. The molecule has 1 aliphatic heterocycles. The highest BCUT2D eigenvalue weighted by Crippen LogP contribution is 2.30. The Hall–Kier alpha value is -2.01. The number of carbonyl (C=O) groups excluding carboxylic acids is 1. The molecule has 1 aliphatic rings. The van der Waals surface area contributed by atoms with Gasteiger partial charge in [0, 0.05) is 34.9 Å². The van der Waals surface area contributed by atoms with Crippen LogP contribution in [-0.2, 0) is 4.74 Å². The quantitative estimate of drug-likeness (QED) is 0.655. The number of piperidine rings is 1. The van der Waals surface area contributed by atoms with Gasteiger partial charge in [0.25, 0.3) is 0 Å². The van der Waals surface area contributed by atoms with Gasteiger partial charge in [-0.2, -0.15) is 0 Å². The number of nitrogens with one attached hydrogen (secondary N) is 1. The van der Waals surface area contributed by atoms with Gasteiger partial charge >= 0.3 is 6.09 Å². The number of halogens is 1. The summed E-state index contributed by atoms with van der Waals surface area (Å²) >= 11 is 3.49. The van der Waals surface area contributed by atoms with Crippen molar-refractivity contribution in [2.45, 2.75) is 45.3 Å². The van der Waals surface area contributed by atoms with Gasteiger partial charge in [-0.1, -0.05) is 46.3 Å². The summed E-state index contributed by atoms with van der Waals surface area (Å²) in [6, 6.07) is 17.1. The van der Waals surface area contributed by atoms with Crippen LogP contribution in [0.1, 0.15) is 33.6 Å². The third-order valence-electron chi connectivity index (χ3n) is 4.59. The summed E-state index contributed by atoms with van der Waals surface area (Å²) < 4.78 is 6.56. The Morgan fingerprint density at radius 2 is 1.70 bits per heavy atom. The van der Waals surface area contributed by atoms with Crippen LogP contribution < -0.4 is 5.32 Å². The molecule has 0 radical (unpaired) electrons. The predicted octanol–water partition coefficient (Wildman–Crippen LogP) is 5.93. The molecule has 0 atom stereocenters. The van der Waals surface area contributed by atoms with Crippen LogP contribution in [0.4, 0.5) is 10.5 Å². The lowest BCUT2D eigenvalue weighted by atomic mass is 10.0. The van der Waals surface area contributed by atoms with Gasteiger partial charge in [0.15, 0.2) is 0 Å². The van der Waals surface area contributed by atoms with E-state index in [1.54, 1.807) is 0 Å². The minimum absolute atomic E-state index is 0.212. The van der Waals surface area contributed by atoms with Crippen LogP contribution in [-0.4, -0.2) is 35.7 Å². The Kier molecular flexibility index (Phi) is 6.10. The molecule has 0 aliphatic carbocycles. The fourth-order valence-corrected chi connectivity index (χ4v) is 3.51. The highest BCUT2D eigenvalue weighted by Gasteiger charge is 2.27. The number of amides is 1. The lowest BCUT2D eigenvalue weighted by Gasteiger charge is -2.34. The number of carbonyl (C=O) groups is 1. The smallest absolute Gasteiger partial charge is 0.410 e. The Morgan fingerprint density at radius 3 is 2.33 bits per heavy atom. The number of hydrogen-bond acceptors (Lipinski definition) is 3. The molecule has 0 bridgehead atoms. The monoisotopic (exact) mass is 430 g/mol. The molecule has 1 saturated heterocycles. The molecular weight excluding hydrogens is 404 g/mol. The van der Waals surface area contributed by atoms with Crippen LogP contribution in [0.2, 0.25) is 0 Å². The number of para-hydroxylation sites is 1. The summed E-state index contributed by atoms with van der Waals surface area (Å²) in [5.74, 6) is 0. The number of benzene rings is 2. The molecule has 1 heterocycles. The van der Waals surface area contributed by atoms with Gasteiger partial charge in [-0.05, 0) is 57.4 Å². The van der Waals surface area contributed by atoms with Gasteiger partial charge in [0.1, 0.15) is 5.60 Å². The van der Waals surface area contributed by atoms with Crippen molar-refractivity contribution in [3.63, 3.8) is 0 Å². The van der Waals surface area contributed by atoms with E-state index in [-0.39, 0.29) is 6.09 Å². The predicted molar refractivity (Wildman–Crippen MR) is 114 cm³/mol. The first-order valence-corrected chi connectivity index (χ1v) is 10.2. The molecule has 144 valence electrons.